The second-order valence-electron chi connectivity index (χ2n) is 3.55. The van der Waals surface area contributed by atoms with Crippen LogP contribution < -0.4 is 5.32 Å². The van der Waals surface area contributed by atoms with E-state index < -0.39 is 0 Å². The summed E-state index contributed by atoms with van der Waals surface area (Å²) in [5.74, 6) is 0.928. The highest BCUT2D eigenvalue weighted by atomic mass is 32.2. The number of nitrogens with one attached hydrogen (secondary N) is 1. The smallest absolute Gasteiger partial charge is 0.239 e. The topological polar surface area (TPSA) is 69.6 Å². The maximum absolute atomic E-state index is 11.4. The predicted octanol–water partition coefficient (Wildman–Crippen LogP) is -0.594. The summed E-state index contributed by atoms with van der Waals surface area (Å²) in [6, 6.07) is -0.0483. The number of aliphatic hydroxyl groups is 1. The van der Waals surface area contributed by atoms with Gasteiger partial charge in [-0.05, 0) is 13.3 Å². The van der Waals surface area contributed by atoms with Gasteiger partial charge in [-0.2, -0.15) is 0 Å². The average Bonchev–Trinajstić information content (AvgIpc) is 2.52. The number of carbonyl (C=O) groups is 2. The minimum atomic E-state index is -0.160. The van der Waals surface area contributed by atoms with Gasteiger partial charge in [-0.15, -0.1) is 11.8 Å². The van der Waals surface area contributed by atoms with E-state index in [1.54, 1.807) is 0 Å². The van der Waals surface area contributed by atoms with Crippen LogP contribution in [-0.2, 0) is 9.59 Å². The van der Waals surface area contributed by atoms with Crippen LogP contribution in [0.2, 0.25) is 0 Å². The molecule has 1 heterocycles. The van der Waals surface area contributed by atoms with Crippen molar-refractivity contribution in [1.82, 2.24) is 10.2 Å². The van der Waals surface area contributed by atoms with Crippen LogP contribution in [0, 0.1) is 0 Å². The van der Waals surface area contributed by atoms with Gasteiger partial charge in [0.2, 0.25) is 11.8 Å². The first kappa shape index (κ1) is 12.3. The van der Waals surface area contributed by atoms with E-state index in [9.17, 15) is 9.59 Å². The Hall–Kier alpha value is -0.750. The molecule has 0 aromatic rings. The third kappa shape index (κ3) is 4.09. The zero-order valence-electron chi connectivity index (χ0n) is 8.73. The molecule has 1 fully saturated rings. The lowest BCUT2D eigenvalue weighted by Crippen LogP contribution is -2.41. The molecule has 0 saturated carbocycles. The van der Waals surface area contributed by atoms with E-state index in [4.69, 9.17) is 5.11 Å². The molecule has 5 nitrogen and oxygen atoms in total. The van der Waals surface area contributed by atoms with Crippen LogP contribution in [0.15, 0.2) is 0 Å². The van der Waals surface area contributed by atoms with Crippen molar-refractivity contribution in [3.63, 3.8) is 0 Å². The lowest BCUT2D eigenvalue weighted by Gasteiger charge is -2.17. The summed E-state index contributed by atoms with van der Waals surface area (Å²) in [6.07, 6.45) is 0.536. The van der Waals surface area contributed by atoms with Crippen molar-refractivity contribution in [2.24, 2.45) is 0 Å². The molecule has 1 saturated heterocycles. The summed E-state index contributed by atoms with van der Waals surface area (Å²) in [5.41, 5.74) is 0. The van der Waals surface area contributed by atoms with Crippen LogP contribution >= 0.6 is 11.8 Å². The van der Waals surface area contributed by atoms with Crippen LogP contribution in [0.5, 0.6) is 0 Å². The van der Waals surface area contributed by atoms with E-state index in [0.717, 1.165) is 0 Å². The van der Waals surface area contributed by atoms with Gasteiger partial charge in [0.25, 0.3) is 0 Å². The largest absolute Gasteiger partial charge is 0.396 e. The number of rotatable bonds is 5. The summed E-state index contributed by atoms with van der Waals surface area (Å²) in [7, 11) is 0. The summed E-state index contributed by atoms with van der Waals surface area (Å²) >= 11 is 1.52. The molecule has 1 atom stereocenters. The first-order chi connectivity index (χ1) is 7.13. The zero-order valence-corrected chi connectivity index (χ0v) is 9.55. The predicted molar refractivity (Wildman–Crippen MR) is 58.3 cm³/mol. The molecule has 0 spiro atoms. The quantitative estimate of drug-likeness (QED) is 0.664. The second kappa shape index (κ2) is 5.97. The van der Waals surface area contributed by atoms with Gasteiger partial charge in [0, 0.05) is 12.6 Å². The third-order valence-electron chi connectivity index (χ3n) is 2.13. The maximum Gasteiger partial charge on any atom is 0.239 e. The summed E-state index contributed by atoms with van der Waals surface area (Å²) in [6.45, 7) is 2.01. The molecule has 0 aliphatic carbocycles. The Labute approximate surface area is 93.2 Å². The lowest BCUT2D eigenvalue weighted by atomic mass is 10.2. The number of amides is 2. The Balaban J connectivity index is 2.26. The number of hydrogen-bond acceptors (Lipinski definition) is 4. The van der Waals surface area contributed by atoms with Crippen molar-refractivity contribution in [1.29, 1.82) is 0 Å². The van der Waals surface area contributed by atoms with E-state index in [1.165, 1.54) is 16.7 Å². The molecule has 15 heavy (non-hydrogen) atoms. The third-order valence-corrected chi connectivity index (χ3v) is 3.07. The van der Waals surface area contributed by atoms with E-state index in [-0.39, 0.29) is 31.0 Å². The Bertz CT molecular complexity index is 248. The van der Waals surface area contributed by atoms with Gasteiger partial charge in [-0.3, -0.25) is 9.59 Å². The van der Waals surface area contributed by atoms with Gasteiger partial charge in [-0.25, -0.2) is 0 Å². The molecular formula is C9H16N2O3S. The minimum Gasteiger partial charge on any atom is -0.396 e. The van der Waals surface area contributed by atoms with Crippen LogP contribution in [-0.4, -0.2) is 52.6 Å². The Morgan fingerprint density at radius 1 is 1.73 bits per heavy atom. The van der Waals surface area contributed by atoms with Crippen molar-refractivity contribution in [2.45, 2.75) is 19.4 Å². The van der Waals surface area contributed by atoms with E-state index >= 15 is 0 Å². The Morgan fingerprint density at radius 3 is 3.00 bits per heavy atom. The molecular weight excluding hydrogens is 216 g/mol. The van der Waals surface area contributed by atoms with E-state index in [0.29, 0.717) is 18.1 Å². The number of carbonyl (C=O) groups excluding carboxylic acids is 2. The lowest BCUT2D eigenvalue weighted by molar-refractivity contribution is -0.132. The van der Waals surface area contributed by atoms with Crippen molar-refractivity contribution < 1.29 is 14.7 Å². The normalized spacial score (nSPS) is 18.0. The fraction of sp³-hybridized carbons (Fsp3) is 0.778. The maximum atomic E-state index is 11.4. The molecule has 0 bridgehead atoms. The first-order valence-corrected chi connectivity index (χ1v) is 6.04. The SMILES string of the molecule is CC(CCO)NC(=O)CN1CSCC1=O. The molecule has 0 aromatic heterocycles. The molecule has 6 heteroatoms. The van der Waals surface area contributed by atoms with Gasteiger partial charge in [0.15, 0.2) is 0 Å². The molecule has 2 N–H and O–H groups in total. The number of hydrogen-bond donors (Lipinski definition) is 2. The second-order valence-corrected chi connectivity index (χ2v) is 4.51. The van der Waals surface area contributed by atoms with Crippen molar-refractivity contribution in [2.75, 3.05) is 24.8 Å². The van der Waals surface area contributed by atoms with Crippen molar-refractivity contribution in [3.05, 3.63) is 0 Å². The van der Waals surface area contributed by atoms with Crippen LogP contribution in [0.3, 0.4) is 0 Å². The van der Waals surface area contributed by atoms with E-state index in [2.05, 4.69) is 5.32 Å². The Kier molecular flexibility index (Phi) is 4.90. The first-order valence-electron chi connectivity index (χ1n) is 4.89. The summed E-state index contributed by atoms with van der Waals surface area (Å²) < 4.78 is 0. The number of nitrogens with zero attached hydrogens (tertiary/aromatic N) is 1. The van der Waals surface area contributed by atoms with Gasteiger partial charge >= 0.3 is 0 Å². The van der Waals surface area contributed by atoms with Gasteiger partial charge in [0.1, 0.15) is 6.54 Å². The fourth-order valence-electron chi connectivity index (χ4n) is 1.30. The number of aliphatic hydroxyl groups excluding tert-OH is 1. The van der Waals surface area contributed by atoms with Gasteiger partial charge < -0.3 is 15.3 Å². The fourth-order valence-corrected chi connectivity index (χ4v) is 2.20. The minimum absolute atomic E-state index is 0.0185. The molecule has 1 aliphatic heterocycles. The highest BCUT2D eigenvalue weighted by molar-refractivity contribution is 8.00. The molecule has 2 amide bonds. The van der Waals surface area contributed by atoms with E-state index in [1.807, 2.05) is 6.92 Å². The summed E-state index contributed by atoms with van der Waals surface area (Å²) in [4.78, 5) is 24.2. The number of thioether (sulfide) groups is 1. The van der Waals surface area contributed by atoms with Gasteiger partial charge in [-0.1, -0.05) is 0 Å². The van der Waals surface area contributed by atoms with Crippen LogP contribution in [0.25, 0.3) is 0 Å². The monoisotopic (exact) mass is 232 g/mol. The molecule has 86 valence electrons. The Morgan fingerprint density at radius 2 is 2.47 bits per heavy atom. The molecule has 0 radical (unpaired) electrons. The zero-order chi connectivity index (χ0) is 11.3. The van der Waals surface area contributed by atoms with Gasteiger partial charge in [0.05, 0.1) is 11.6 Å². The molecule has 1 aliphatic rings. The average molecular weight is 232 g/mol. The standard InChI is InChI=1S/C9H16N2O3S/c1-7(2-3-12)10-8(13)4-11-6-15-5-9(11)14/h7,12H,2-6H2,1H3,(H,10,13). The molecule has 1 unspecified atom stereocenters. The van der Waals surface area contributed by atoms with Crippen molar-refractivity contribution >= 4 is 23.6 Å². The molecule has 0 aromatic carbocycles. The van der Waals surface area contributed by atoms with Crippen LogP contribution in [0.1, 0.15) is 13.3 Å². The molecule has 1 rings (SSSR count). The van der Waals surface area contributed by atoms with Crippen LogP contribution in [0.4, 0.5) is 0 Å². The van der Waals surface area contributed by atoms with Crippen molar-refractivity contribution in [3.8, 4) is 0 Å². The highest BCUT2D eigenvalue weighted by Crippen LogP contribution is 2.13. The summed E-state index contributed by atoms with van der Waals surface area (Å²) in [5, 5.41) is 11.4. The highest BCUT2D eigenvalue weighted by Gasteiger charge is 2.23.